The largest absolute Gasteiger partial charge is 0.313 e. The second kappa shape index (κ2) is 4.79. The van der Waals surface area contributed by atoms with Crippen LogP contribution >= 0.6 is 11.8 Å². The highest BCUT2D eigenvalue weighted by Crippen LogP contribution is 2.25. The Labute approximate surface area is 105 Å². The molecule has 0 fully saturated rings. The van der Waals surface area contributed by atoms with Gasteiger partial charge in [0.15, 0.2) is 0 Å². The Hall–Kier alpha value is -1.50. The van der Waals surface area contributed by atoms with Crippen molar-refractivity contribution in [2.24, 2.45) is 5.73 Å². The maximum absolute atomic E-state index is 8.86. The van der Waals surface area contributed by atoms with Crippen LogP contribution in [0.15, 0.2) is 47.4 Å². The molecule has 0 saturated heterocycles. The fourth-order valence-corrected chi connectivity index (χ4v) is 2.43. The van der Waals surface area contributed by atoms with Crippen LogP contribution in [0.4, 0.5) is 0 Å². The average molecular weight is 242 g/mol. The highest BCUT2D eigenvalue weighted by atomic mass is 32.2. The van der Waals surface area contributed by atoms with Crippen molar-refractivity contribution in [2.75, 3.05) is 5.75 Å². The van der Waals surface area contributed by atoms with Gasteiger partial charge >= 0.3 is 0 Å². The van der Waals surface area contributed by atoms with Gasteiger partial charge in [-0.3, -0.25) is 0 Å². The van der Waals surface area contributed by atoms with Crippen LogP contribution in [0.25, 0.3) is 10.8 Å². The van der Waals surface area contributed by atoms with Crippen molar-refractivity contribution in [3.63, 3.8) is 0 Å². The van der Waals surface area contributed by atoms with Crippen LogP contribution in [-0.4, -0.2) is 11.3 Å². The van der Waals surface area contributed by atoms with Crippen LogP contribution in [0.3, 0.4) is 0 Å². The highest BCUT2D eigenvalue weighted by molar-refractivity contribution is 7.99. The quantitative estimate of drug-likeness (QED) is 0.841. The van der Waals surface area contributed by atoms with Crippen molar-refractivity contribution in [3.05, 3.63) is 42.5 Å². The molecule has 0 aliphatic heterocycles. The zero-order valence-electron chi connectivity index (χ0n) is 9.68. The molecule has 0 aromatic heterocycles. The molecule has 17 heavy (non-hydrogen) atoms. The molecule has 0 bridgehead atoms. The lowest BCUT2D eigenvalue weighted by Gasteiger charge is -2.14. The van der Waals surface area contributed by atoms with Gasteiger partial charge in [-0.15, -0.1) is 11.8 Å². The molecule has 0 spiro atoms. The summed E-state index contributed by atoms with van der Waals surface area (Å²) in [7, 11) is 0. The molecule has 0 saturated carbocycles. The number of benzene rings is 2. The van der Waals surface area contributed by atoms with E-state index in [1.807, 2.05) is 12.1 Å². The summed E-state index contributed by atoms with van der Waals surface area (Å²) in [6.07, 6.45) is 0. The molecule has 1 unspecified atom stereocenters. The Balaban J connectivity index is 2.18. The second-order valence-corrected chi connectivity index (χ2v) is 5.38. The molecule has 2 nitrogen and oxygen atoms in total. The van der Waals surface area contributed by atoms with E-state index in [0.717, 1.165) is 4.90 Å². The topological polar surface area (TPSA) is 49.8 Å². The first-order valence-corrected chi connectivity index (χ1v) is 6.41. The zero-order valence-corrected chi connectivity index (χ0v) is 10.5. The predicted octanol–water partition coefficient (Wildman–Crippen LogP) is 3.17. The van der Waals surface area contributed by atoms with Crippen LogP contribution in [0, 0.1) is 11.3 Å². The fourth-order valence-electron chi connectivity index (χ4n) is 1.52. The molecule has 2 rings (SSSR count). The van der Waals surface area contributed by atoms with Gasteiger partial charge in [0, 0.05) is 10.6 Å². The molecule has 2 aromatic carbocycles. The fraction of sp³-hybridized carbons (Fsp3) is 0.214. The van der Waals surface area contributed by atoms with Crippen molar-refractivity contribution in [2.45, 2.75) is 17.4 Å². The summed E-state index contributed by atoms with van der Waals surface area (Å²) in [4.78, 5) is 1.15. The summed E-state index contributed by atoms with van der Waals surface area (Å²) >= 11 is 1.62. The smallest absolute Gasteiger partial charge is 0.110 e. The summed E-state index contributed by atoms with van der Waals surface area (Å²) in [5.41, 5.74) is 5.03. The van der Waals surface area contributed by atoms with Gasteiger partial charge in [-0.2, -0.15) is 5.26 Å². The molecule has 3 heteroatoms. The lowest BCUT2D eigenvalue weighted by Crippen LogP contribution is -2.36. The van der Waals surface area contributed by atoms with Crippen molar-refractivity contribution >= 4 is 22.5 Å². The third-order valence-corrected chi connectivity index (χ3v) is 3.85. The number of hydrogen-bond donors (Lipinski definition) is 1. The zero-order chi connectivity index (χ0) is 12.3. The molecule has 0 amide bonds. The maximum atomic E-state index is 8.86. The molecule has 86 valence electrons. The van der Waals surface area contributed by atoms with E-state index in [9.17, 15) is 0 Å². The van der Waals surface area contributed by atoms with E-state index in [0.29, 0.717) is 5.75 Å². The van der Waals surface area contributed by atoms with Gasteiger partial charge in [0.2, 0.25) is 0 Å². The van der Waals surface area contributed by atoms with Gasteiger partial charge in [0.05, 0.1) is 6.07 Å². The van der Waals surface area contributed by atoms with Gasteiger partial charge < -0.3 is 5.73 Å². The summed E-state index contributed by atoms with van der Waals surface area (Å²) in [5, 5.41) is 11.3. The predicted molar refractivity (Wildman–Crippen MR) is 72.9 cm³/mol. The normalized spacial score (nSPS) is 14.2. The minimum Gasteiger partial charge on any atom is -0.313 e. The molecule has 2 N–H and O–H groups in total. The van der Waals surface area contributed by atoms with Gasteiger partial charge in [0.1, 0.15) is 5.54 Å². The summed E-state index contributed by atoms with van der Waals surface area (Å²) in [6, 6.07) is 16.6. The number of thioether (sulfide) groups is 1. The number of nitriles is 1. The van der Waals surface area contributed by atoms with E-state index in [2.05, 4.69) is 36.4 Å². The first kappa shape index (κ1) is 12.0. The van der Waals surface area contributed by atoms with Crippen LogP contribution in [0.5, 0.6) is 0 Å². The summed E-state index contributed by atoms with van der Waals surface area (Å²) in [5.74, 6) is 0.599. The monoisotopic (exact) mass is 242 g/mol. The average Bonchev–Trinajstić information content (AvgIpc) is 2.36. The third-order valence-electron chi connectivity index (χ3n) is 2.52. The minimum atomic E-state index is -0.768. The molecular formula is C14H14N2S. The standard InChI is InChI=1S/C14H14N2S/c1-14(16,9-15)10-17-13-7-6-11-4-2-3-5-12(11)8-13/h2-8H,10,16H2,1H3. The van der Waals surface area contributed by atoms with Crippen LogP contribution in [0.1, 0.15) is 6.92 Å². The Kier molecular flexibility index (Phi) is 3.37. The molecule has 1 atom stereocenters. The molecular weight excluding hydrogens is 228 g/mol. The molecule has 0 aliphatic rings. The Morgan fingerprint density at radius 1 is 1.24 bits per heavy atom. The molecule has 0 radical (unpaired) electrons. The van der Waals surface area contributed by atoms with E-state index < -0.39 is 5.54 Å². The lowest BCUT2D eigenvalue weighted by atomic mass is 10.1. The molecule has 2 aromatic rings. The van der Waals surface area contributed by atoms with Crippen LogP contribution < -0.4 is 5.73 Å². The SMILES string of the molecule is CC(N)(C#N)CSc1ccc2ccccc2c1. The van der Waals surface area contributed by atoms with E-state index in [1.54, 1.807) is 18.7 Å². The number of fused-ring (bicyclic) bond motifs is 1. The third kappa shape index (κ3) is 3.00. The maximum Gasteiger partial charge on any atom is 0.110 e. The van der Waals surface area contributed by atoms with Gasteiger partial charge in [-0.25, -0.2) is 0 Å². The van der Waals surface area contributed by atoms with Crippen molar-refractivity contribution in [1.82, 2.24) is 0 Å². The van der Waals surface area contributed by atoms with E-state index in [-0.39, 0.29) is 0 Å². The van der Waals surface area contributed by atoms with E-state index in [4.69, 9.17) is 11.0 Å². The highest BCUT2D eigenvalue weighted by Gasteiger charge is 2.17. The Bertz CT molecular complexity index is 570. The number of nitrogens with zero attached hydrogens (tertiary/aromatic N) is 1. The van der Waals surface area contributed by atoms with Crippen LogP contribution in [-0.2, 0) is 0 Å². The Morgan fingerprint density at radius 3 is 2.65 bits per heavy atom. The van der Waals surface area contributed by atoms with E-state index in [1.165, 1.54) is 10.8 Å². The summed E-state index contributed by atoms with van der Waals surface area (Å²) < 4.78 is 0. The molecule has 0 heterocycles. The van der Waals surface area contributed by atoms with Crippen LogP contribution in [0.2, 0.25) is 0 Å². The second-order valence-electron chi connectivity index (χ2n) is 4.33. The van der Waals surface area contributed by atoms with Gasteiger partial charge in [-0.1, -0.05) is 30.3 Å². The molecule has 0 aliphatic carbocycles. The first-order chi connectivity index (χ1) is 8.11. The lowest BCUT2D eigenvalue weighted by molar-refractivity contribution is 0.682. The Morgan fingerprint density at radius 2 is 1.94 bits per heavy atom. The number of hydrogen-bond acceptors (Lipinski definition) is 3. The number of nitrogens with two attached hydrogens (primary N) is 1. The first-order valence-electron chi connectivity index (χ1n) is 5.42. The van der Waals surface area contributed by atoms with Crippen molar-refractivity contribution in [1.29, 1.82) is 5.26 Å². The van der Waals surface area contributed by atoms with Crippen molar-refractivity contribution < 1.29 is 0 Å². The van der Waals surface area contributed by atoms with Gasteiger partial charge in [0.25, 0.3) is 0 Å². The number of rotatable bonds is 3. The van der Waals surface area contributed by atoms with Crippen molar-refractivity contribution in [3.8, 4) is 6.07 Å². The van der Waals surface area contributed by atoms with Gasteiger partial charge in [-0.05, 0) is 29.8 Å². The van der Waals surface area contributed by atoms with E-state index >= 15 is 0 Å². The summed E-state index contributed by atoms with van der Waals surface area (Å²) in [6.45, 7) is 1.75. The minimum absolute atomic E-state index is 0.599.